The zero-order valence-corrected chi connectivity index (χ0v) is 11.2. The Morgan fingerprint density at radius 3 is 2.50 bits per heavy atom. The van der Waals surface area contributed by atoms with Crippen LogP contribution in [0.5, 0.6) is 0 Å². The number of furan rings is 1. The van der Waals surface area contributed by atoms with Gasteiger partial charge in [-0.05, 0) is 17.7 Å². The molecule has 2 N–H and O–H groups in total. The summed E-state index contributed by atoms with van der Waals surface area (Å²) in [5.74, 6) is 0.356. The fourth-order valence-corrected chi connectivity index (χ4v) is 2.42. The van der Waals surface area contributed by atoms with Gasteiger partial charge in [0.15, 0.2) is 11.4 Å². The molecule has 3 aromatic rings. The van der Waals surface area contributed by atoms with Gasteiger partial charge in [0.2, 0.25) is 0 Å². The maximum Gasteiger partial charge on any atom is 0.169 e. The number of halogens is 1. The summed E-state index contributed by atoms with van der Waals surface area (Å²) in [6.45, 7) is 2.05. The van der Waals surface area contributed by atoms with Crippen LogP contribution >= 0.6 is 0 Å². The zero-order valence-electron chi connectivity index (χ0n) is 11.2. The summed E-state index contributed by atoms with van der Waals surface area (Å²) in [5.41, 5.74) is 7.68. The van der Waals surface area contributed by atoms with Crippen LogP contribution in [0.2, 0.25) is 0 Å². The van der Waals surface area contributed by atoms with Crippen molar-refractivity contribution in [2.24, 2.45) is 5.73 Å². The van der Waals surface area contributed by atoms with E-state index in [4.69, 9.17) is 10.2 Å². The van der Waals surface area contributed by atoms with Crippen LogP contribution in [-0.2, 0) is 0 Å². The molecule has 2 aromatic carbocycles. The molecule has 0 fully saturated rings. The van der Waals surface area contributed by atoms with E-state index >= 15 is 0 Å². The van der Waals surface area contributed by atoms with E-state index in [2.05, 4.69) is 0 Å². The molecule has 3 rings (SSSR count). The first-order valence-electron chi connectivity index (χ1n) is 6.65. The summed E-state index contributed by atoms with van der Waals surface area (Å²) in [4.78, 5) is 0. The summed E-state index contributed by atoms with van der Waals surface area (Å²) >= 11 is 0. The van der Waals surface area contributed by atoms with Gasteiger partial charge < -0.3 is 10.2 Å². The minimum atomic E-state index is -0.353. The summed E-state index contributed by atoms with van der Waals surface area (Å²) in [6.07, 6.45) is 0. The van der Waals surface area contributed by atoms with E-state index in [1.807, 2.05) is 49.4 Å². The summed E-state index contributed by atoms with van der Waals surface area (Å²) in [7, 11) is 0. The van der Waals surface area contributed by atoms with Gasteiger partial charge in [0.1, 0.15) is 5.76 Å². The van der Waals surface area contributed by atoms with Crippen molar-refractivity contribution in [1.29, 1.82) is 0 Å². The van der Waals surface area contributed by atoms with Gasteiger partial charge in [-0.2, -0.15) is 0 Å². The van der Waals surface area contributed by atoms with Crippen molar-refractivity contribution in [3.8, 4) is 0 Å². The topological polar surface area (TPSA) is 39.2 Å². The second kappa shape index (κ2) is 5.10. The molecule has 0 radical (unpaired) electrons. The quantitative estimate of drug-likeness (QED) is 0.766. The van der Waals surface area contributed by atoms with Crippen LogP contribution in [0.1, 0.15) is 30.2 Å². The minimum Gasteiger partial charge on any atom is -0.456 e. The normalized spacial score (nSPS) is 14.3. The predicted octanol–water partition coefficient (Wildman–Crippen LogP) is 4.38. The van der Waals surface area contributed by atoms with Gasteiger partial charge >= 0.3 is 0 Å². The van der Waals surface area contributed by atoms with Gasteiger partial charge in [0.25, 0.3) is 0 Å². The highest BCUT2D eigenvalue weighted by molar-refractivity contribution is 5.78. The molecule has 1 heterocycles. The molecule has 2 nitrogen and oxygen atoms in total. The molecule has 0 saturated carbocycles. The van der Waals surface area contributed by atoms with Crippen molar-refractivity contribution in [3.63, 3.8) is 0 Å². The molecule has 102 valence electrons. The lowest BCUT2D eigenvalue weighted by Gasteiger charge is -2.18. The Kier molecular flexibility index (Phi) is 3.28. The lowest BCUT2D eigenvalue weighted by Crippen LogP contribution is -2.16. The highest BCUT2D eigenvalue weighted by Gasteiger charge is 2.21. The van der Waals surface area contributed by atoms with E-state index in [1.165, 1.54) is 6.07 Å². The highest BCUT2D eigenvalue weighted by Crippen LogP contribution is 2.32. The molecule has 2 unspecified atom stereocenters. The molecular formula is C17H16FNO. The Labute approximate surface area is 117 Å². The van der Waals surface area contributed by atoms with Crippen molar-refractivity contribution < 1.29 is 8.81 Å². The van der Waals surface area contributed by atoms with Gasteiger partial charge in [0, 0.05) is 11.3 Å². The van der Waals surface area contributed by atoms with Gasteiger partial charge in [-0.1, -0.05) is 49.4 Å². The van der Waals surface area contributed by atoms with E-state index in [9.17, 15) is 4.39 Å². The fourth-order valence-electron chi connectivity index (χ4n) is 2.42. The molecule has 1 aromatic heterocycles. The van der Waals surface area contributed by atoms with Crippen LogP contribution in [0.15, 0.2) is 59.0 Å². The van der Waals surface area contributed by atoms with Crippen molar-refractivity contribution >= 4 is 11.0 Å². The second-order valence-corrected chi connectivity index (χ2v) is 5.03. The van der Waals surface area contributed by atoms with Crippen molar-refractivity contribution in [1.82, 2.24) is 0 Å². The zero-order chi connectivity index (χ0) is 14.1. The predicted molar refractivity (Wildman–Crippen MR) is 78.0 cm³/mol. The molecule has 0 aliphatic rings. The van der Waals surface area contributed by atoms with Crippen LogP contribution in [0.25, 0.3) is 11.0 Å². The van der Waals surface area contributed by atoms with E-state index in [0.717, 1.165) is 10.9 Å². The second-order valence-electron chi connectivity index (χ2n) is 5.03. The van der Waals surface area contributed by atoms with E-state index in [1.54, 1.807) is 6.07 Å². The van der Waals surface area contributed by atoms with Gasteiger partial charge in [0.05, 0.1) is 6.04 Å². The molecule has 0 aliphatic carbocycles. The van der Waals surface area contributed by atoms with Crippen LogP contribution in [0.4, 0.5) is 4.39 Å². The molecule has 20 heavy (non-hydrogen) atoms. The van der Waals surface area contributed by atoms with E-state index in [0.29, 0.717) is 5.76 Å². The monoisotopic (exact) mass is 269 g/mol. The number of benzene rings is 2. The van der Waals surface area contributed by atoms with Crippen LogP contribution < -0.4 is 5.73 Å². The van der Waals surface area contributed by atoms with Gasteiger partial charge in [-0.25, -0.2) is 4.39 Å². The number of para-hydroxylation sites is 1. The molecule has 0 aliphatic heterocycles. The molecule has 0 amide bonds. The Morgan fingerprint density at radius 1 is 1.05 bits per heavy atom. The Hall–Kier alpha value is -2.13. The maximum atomic E-state index is 13.7. The van der Waals surface area contributed by atoms with Gasteiger partial charge in [-0.3, -0.25) is 0 Å². The molecule has 0 saturated heterocycles. The standard InChI is InChI=1S/C17H16FNO/c1-11(12-6-3-2-4-7-12)16(19)15-10-13-8-5-9-14(18)17(13)20-15/h2-11,16H,19H2,1H3. The third kappa shape index (κ3) is 2.21. The first-order valence-corrected chi connectivity index (χ1v) is 6.65. The van der Waals surface area contributed by atoms with E-state index < -0.39 is 0 Å². The lowest BCUT2D eigenvalue weighted by molar-refractivity contribution is 0.448. The van der Waals surface area contributed by atoms with Crippen LogP contribution in [0.3, 0.4) is 0 Å². The average Bonchev–Trinajstić information content (AvgIpc) is 2.92. The first kappa shape index (κ1) is 12.9. The van der Waals surface area contributed by atoms with Crippen LogP contribution in [0, 0.1) is 5.82 Å². The summed E-state index contributed by atoms with van der Waals surface area (Å²) in [5, 5.41) is 0.746. The third-order valence-electron chi connectivity index (χ3n) is 3.71. The highest BCUT2D eigenvalue weighted by atomic mass is 19.1. The smallest absolute Gasteiger partial charge is 0.169 e. The van der Waals surface area contributed by atoms with Crippen molar-refractivity contribution in [2.75, 3.05) is 0 Å². The Balaban J connectivity index is 1.96. The van der Waals surface area contributed by atoms with Crippen molar-refractivity contribution in [2.45, 2.75) is 18.9 Å². The van der Waals surface area contributed by atoms with E-state index in [-0.39, 0.29) is 23.4 Å². The third-order valence-corrected chi connectivity index (χ3v) is 3.71. The first-order chi connectivity index (χ1) is 9.66. The fraction of sp³-hybridized carbons (Fsp3) is 0.176. The molecule has 3 heteroatoms. The summed E-state index contributed by atoms with van der Waals surface area (Å²) in [6, 6.07) is 16.4. The molecule has 0 spiro atoms. The largest absolute Gasteiger partial charge is 0.456 e. The number of hydrogen-bond acceptors (Lipinski definition) is 2. The summed E-state index contributed by atoms with van der Waals surface area (Å²) < 4.78 is 19.3. The SMILES string of the molecule is CC(c1ccccc1)C(N)c1cc2cccc(F)c2o1. The molecule has 0 bridgehead atoms. The Morgan fingerprint density at radius 2 is 1.80 bits per heavy atom. The molecule has 2 atom stereocenters. The maximum absolute atomic E-state index is 13.7. The average molecular weight is 269 g/mol. The minimum absolute atomic E-state index is 0.0971. The lowest BCUT2D eigenvalue weighted by atomic mass is 9.92. The number of rotatable bonds is 3. The van der Waals surface area contributed by atoms with Gasteiger partial charge in [-0.15, -0.1) is 0 Å². The number of nitrogens with two attached hydrogens (primary N) is 1. The van der Waals surface area contributed by atoms with Crippen LogP contribution in [-0.4, -0.2) is 0 Å². The van der Waals surface area contributed by atoms with Crippen molar-refractivity contribution in [3.05, 3.63) is 71.7 Å². The number of hydrogen-bond donors (Lipinski definition) is 1. The Bertz CT molecular complexity index is 720. The number of fused-ring (bicyclic) bond motifs is 1. The molecular weight excluding hydrogens is 253 g/mol.